The lowest BCUT2D eigenvalue weighted by Crippen LogP contribution is -2.09. The lowest BCUT2D eigenvalue weighted by Gasteiger charge is -2.11. The summed E-state index contributed by atoms with van der Waals surface area (Å²) in [5, 5.41) is 14.2. The molecule has 0 saturated heterocycles. The van der Waals surface area contributed by atoms with Crippen LogP contribution in [0.25, 0.3) is 0 Å². The van der Waals surface area contributed by atoms with Gasteiger partial charge in [0.1, 0.15) is 0 Å². The highest BCUT2D eigenvalue weighted by Crippen LogP contribution is 2.47. The molecule has 1 aromatic rings. The van der Waals surface area contributed by atoms with Crippen molar-refractivity contribution in [2.75, 3.05) is 5.32 Å². The van der Waals surface area contributed by atoms with Crippen LogP contribution in [0.5, 0.6) is 0 Å². The van der Waals surface area contributed by atoms with Gasteiger partial charge in [0.2, 0.25) is 0 Å². The number of nitro benzene ring substituents is 1. The van der Waals surface area contributed by atoms with Gasteiger partial charge in [-0.15, -0.1) is 0 Å². The number of anilines is 1. The van der Waals surface area contributed by atoms with E-state index in [1.54, 1.807) is 13.0 Å². The van der Waals surface area contributed by atoms with E-state index in [2.05, 4.69) is 35.1 Å². The molecule has 1 aliphatic rings. The van der Waals surface area contributed by atoms with Gasteiger partial charge in [-0.1, -0.05) is 13.8 Å². The first-order valence-electron chi connectivity index (χ1n) is 5.52. The van der Waals surface area contributed by atoms with Gasteiger partial charge in [-0.25, -0.2) is 0 Å². The smallest absolute Gasteiger partial charge is 0.273 e. The quantitative estimate of drug-likeness (QED) is 0.680. The summed E-state index contributed by atoms with van der Waals surface area (Å²) in [5.74, 6) is 0. The maximum atomic E-state index is 10.8. The zero-order chi connectivity index (χ0) is 12.8. The third-order valence-corrected chi connectivity index (χ3v) is 3.98. The highest BCUT2D eigenvalue weighted by atomic mass is 79.9. The summed E-state index contributed by atoms with van der Waals surface area (Å²) in [6.45, 7) is 6.17. The summed E-state index contributed by atoms with van der Waals surface area (Å²) in [5.41, 5.74) is 2.09. The molecule has 2 rings (SSSR count). The number of hydrogen-bond acceptors (Lipinski definition) is 3. The number of hydrogen-bond donors (Lipinski definition) is 1. The Hall–Kier alpha value is -1.10. The van der Waals surface area contributed by atoms with Gasteiger partial charge >= 0.3 is 0 Å². The number of nitrogens with zero attached hydrogens (tertiary/aromatic N) is 1. The molecule has 1 atom stereocenters. The summed E-state index contributed by atoms with van der Waals surface area (Å²) >= 11 is 3.38. The highest BCUT2D eigenvalue weighted by Gasteiger charge is 2.45. The van der Waals surface area contributed by atoms with E-state index in [-0.39, 0.29) is 10.6 Å². The molecule has 1 saturated carbocycles. The van der Waals surface area contributed by atoms with E-state index < -0.39 is 0 Å². The number of nitro groups is 1. The van der Waals surface area contributed by atoms with Gasteiger partial charge in [0, 0.05) is 27.8 Å². The molecule has 0 heterocycles. The van der Waals surface area contributed by atoms with Crippen molar-refractivity contribution in [3.63, 3.8) is 0 Å². The fourth-order valence-corrected chi connectivity index (χ4v) is 2.33. The van der Waals surface area contributed by atoms with Gasteiger partial charge in [0.25, 0.3) is 5.69 Å². The van der Waals surface area contributed by atoms with Crippen LogP contribution < -0.4 is 5.32 Å². The van der Waals surface area contributed by atoms with Crippen LogP contribution in [0.1, 0.15) is 25.8 Å². The van der Waals surface area contributed by atoms with Crippen LogP contribution >= 0.6 is 15.9 Å². The maximum absolute atomic E-state index is 10.8. The minimum atomic E-state index is -0.356. The summed E-state index contributed by atoms with van der Waals surface area (Å²) < 4.78 is 0.748. The molecule has 5 heteroatoms. The van der Waals surface area contributed by atoms with Crippen LogP contribution in [0.15, 0.2) is 16.6 Å². The van der Waals surface area contributed by atoms with E-state index in [9.17, 15) is 10.1 Å². The molecular formula is C12H15BrN2O2. The third-order valence-electron chi connectivity index (χ3n) is 3.33. The number of nitrogens with one attached hydrogen (secondary N) is 1. The molecule has 0 amide bonds. The number of rotatable bonds is 3. The lowest BCUT2D eigenvalue weighted by atomic mass is 10.1. The van der Waals surface area contributed by atoms with Gasteiger partial charge < -0.3 is 5.32 Å². The molecule has 1 N–H and O–H groups in total. The Balaban J connectivity index is 2.25. The molecule has 1 fully saturated rings. The van der Waals surface area contributed by atoms with Crippen molar-refractivity contribution in [2.45, 2.75) is 33.2 Å². The lowest BCUT2D eigenvalue weighted by molar-refractivity contribution is -0.385. The van der Waals surface area contributed by atoms with Crippen molar-refractivity contribution < 1.29 is 4.92 Å². The molecule has 0 bridgehead atoms. The Morgan fingerprint density at radius 2 is 2.12 bits per heavy atom. The molecule has 1 aliphatic carbocycles. The van der Waals surface area contributed by atoms with Crippen LogP contribution in [0, 0.1) is 22.5 Å². The third kappa shape index (κ3) is 2.44. The second-order valence-corrected chi connectivity index (χ2v) is 6.12. The van der Waals surface area contributed by atoms with E-state index in [1.807, 2.05) is 6.07 Å². The van der Waals surface area contributed by atoms with Gasteiger partial charge in [-0.05, 0) is 40.8 Å². The van der Waals surface area contributed by atoms with E-state index in [1.165, 1.54) is 0 Å². The van der Waals surface area contributed by atoms with Crippen molar-refractivity contribution in [2.24, 2.45) is 5.41 Å². The molecule has 92 valence electrons. The first kappa shape index (κ1) is 12.4. The average molecular weight is 299 g/mol. The van der Waals surface area contributed by atoms with Crippen molar-refractivity contribution in [1.82, 2.24) is 0 Å². The Morgan fingerprint density at radius 3 is 2.59 bits per heavy atom. The molecular weight excluding hydrogens is 284 g/mol. The summed E-state index contributed by atoms with van der Waals surface area (Å²) in [7, 11) is 0. The predicted molar refractivity (Wildman–Crippen MR) is 71.3 cm³/mol. The zero-order valence-corrected chi connectivity index (χ0v) is 11.7. The molecule has 0 spiro atoms. The largest absolute Gasteiger partial charge is 0.381 e. The van der Waals surface area contributed by atoms with Gasteiger partial charge in [-0.3, -0.25) is 10.1 Å². The van der Waals surface area contributed by atoms with Crippen molar-refractivity contribution in [1.29, 1.82) is 0 Å². The fraction of sp³-hybridized carbons (Fsp3) is 0.500. The molecule has 0 aliphatic heterocycles. The Labute approximate surface area is 109 Å². The standard InChI is InChI=1S/C12H15BrN2O2/c1-7-4-9(14-11-6-12(11,2)3)8(13)5-10(7)15(16)17/h4-5,11,14H,6H2,1-3H3. The second-order valence-electron chi connectivity index (χ2n) is 5.27. The van der Waals surface area contributed by atoms with Crippen LogP contribution in [-0.4, -0.2) is 11.0 Å². The Morgan fingerprint density at radius 1 is 1.53 bits per heavy atom. The van der Waals surface area contributed by atoms with Crippen LogP contribution in [0.2, 0.25) is 0 Å². The minimum Gasteiger partial charge on any atom is -0.381 e. The van der Waals surface area contributed by atoms with Crippen LogP contribution in [0.4, 0.5) is 11.4 Å². The van der Waals surface area contributed by atoms with Crippen molar-refractivity contribution >= 4 is 27.3 Å². The molecule has 17 heavy (non-hydrogen) atoms. The number of benzene rings is 1. The topological polar surface area (TPSA) is 55.2 Å². The average Bonchev–Trinajstić information content (AvgIpc) is 2.79. The minimum absolute atomic E-state index is 0.150. The first-order valence-corrected chi connectivity index (χ1v) is 6.31. The van der Waals surface area contributed by atoms with Crippen LogP contribution in [0.3, 0.4) is 0 Å². The van der Waals surface area contributed by atoms with E-state index >= 15 is 0 Å². The van der Waals surface area contributed by atoms with Gasteiger partial charge in [-0.2, -0.15) is 0 Å². The normalized spacial score (nSPS) is 21.1. The Kier molecular flexibility index (Phi) is 2.89. The molecule has 1 aromatic carbocycles. The number of aryl methyl sites for hydroxylation is 1. The monoisotopic (exact) mass is 298 g/mol. The van der Waals surface area contributed by atoms with Crippen molar-refractivity contribution in [3.05, 3.63) is 32.3 Å². The fourth-order valence-electron chi connectivity index (χ4n) is 1.88. The van der Waals surface area contributed by atoms with Crippen molar-refractivity contribution in [3.8, 4) is 0 Å². The Bertz CT molecular complexity index is 486. The molecule has 0 radical (unpaired) electrons. The van der Waals surface area contributed by atoms with E-state index in [4.69, 9.17) is 0 Å². The summed E-state index contributed by atoms with van der Waals surface area (Å²) in [6, 6.07) is 3.85. The molecule has 0 aromatic heterocycles. The van der Waals surface area contributed by atoms with Crippen LogP contribution in [-0.2, 0) is 0 Å². The van der Waals surface area contributed by atoms with Gasteiger partial charge in [0.05, 0.1) is 4.92 Å². The summed E-state index contributed by atoms with van der Waals surface area (Å²) in [6.07, 6.45) is 1.13. The molecule has 4 nitrogen and oxygen atoms in total. The van der Waals surface area contributed by atoms with Gasteiger partial charge in [0.15, 0.2) is 0 Å². The van der Waals surface area contributed by atoms with E-state index in [0.29, 0.717) is 17.0 Å². The zero-order valence-electron chi connectivity index (χ0n) is 10.1. The number of halogens is 1. The highest BCUT2D eigenvalue weighted by molar-refractivity contribution is 9.10. The second kappa shape index (κ2) is 3.98. The van der Waals surface area contributed by atoms with E-state index in [0.717, 1.165) is 16.6 Å². The molecule has 1 unspecified atom stereocenters. The predicted octanol–water partition coefficient (Wildman–Crippen LogP) is 3.88. The SMILES string of the molecule is Cc1cc(NC2CC2(C)C)c(Br)cc1[N+](=O)[O-]. The first-order chi connectivity index (χ1) is 7.81. The maximum Gasteiger partial charge on any atom is 0.273 e. The summed E-state index contributed by atoms with van der Waals surface area (Å²) in [4.78, 5) is 10.4.